The van der Waals surface area contributed by atoms with Crippen LogP contribution in [0.4, 0.5) is 0 Å². The summed E-state index contributed by atoms with van der Waals surface area (Å²) in [6, 6.07) is 6.25. The zero-order valence-electron chi connectivity index (χ0n) is 18.9. The van der Waals surface area contributed by atoms with E-state index in [1.165, 1.54) is 24.8 Å². The fourth-order valence-corrected chi connectivity index (χ4v) is 3.82. The summed E-state index contributed by atoms with van der Waals surface area (Å²) < 4.78 is 16.9. The molecule has 1 aromatic rings. The molecule has 0 atom stereocenters. The van der Waals surface area contributed by atoms with Gasteiger partial charge in [-0.1, -0.05) is 19.9 Å². The fraction of sp³-hybridized carbons (Fsp3) is 0.696. The summed E-state index contributed by atoms with van der Waals surface area (Å²) in [6.07, 6.45) is 3.55. The number of ether oxygens (including phenoxy) is 3. The van der Waals surface area contributed by atoms with Crippen molar-refractivity contribution in [3.05, 3.63) is 23.8 Å². The first-order valence-corrected chi connectivity index (χ1v) is 11.0. The Kier molecular flexibility index (Phi) is 10.0. The van der Waals surface area contributed by atoms with Crippen molar-refractivity contribution in [2.24, 2.45) is 10.9 Å². The highest BCUT2D eigenvalue weighted by Gasteiger charge is 2.24. The highest BCUT2D eigenvalue weighted by Crippen LogP contribution is 2.35. The van der Waals surface area contributed by atoms with Crippen molar-refractivity contribution in [2.75, 3.05) is 53.1 Å². The molecule has 0 radical (unpaired) electrons. The summed E-state index contributed by atoms with van der Waals surface area (Å²) in [5.74, 6) is 3.42. The molecule has 1 aromatic carbocycles. The van der Waals surface area contributed by atoms with Crippen LogP contribution in [-0.2, 0) is 10.2 Å². The average molecular weight is 531 g/mol. The van der Waals surface area contributed by atoms with Crippen molar-refractivity contribution >= 4 is 29.9 Å². The number of halogens is 1. The molecule has 2 aliphatic heterocycles. The third kappa shape index (κ3) is 6.90. The number of nitrogens with zero attached hydrogens (tertiary/aromatic N) is 2. The summed E-state index contributed by atoms with van der Waals surface area (Å²) in [4.78, 5) is 7.23. The Morgan fingerprint density at radius 1 is 1.13 bits per heavy atom. The topological polar surface area (TPSA) is 55.3 Å². The van der Waals surface area contributed by atoms with E-state index in [9.17, 15) is 0 Å². The number of aliphatic imine (C=N–C) groups is 1. The normalized spacial score (nSPS) is 17.3. The molecule has 1 saturated heterocycles. The predicted octanol–water partition coefficient (Wildman–Crippen LogP) is 4.07. The molecule has 0 bridgehead atoms. The van der Waals surface area contributed by atoms with Gasteiger partial charge in [0.2, 0.25) is 0 Å². The zero-order chi connectivity index (χ0) is 20.7. The number of benzene rings is 1. The van der Waals surface area contributed by atoms with Crippen LogP contribution in [0.2, 0.25) is 0 Å². The van der Waals surface area contributed by atoms with Crippen LogP contribution in [0, 0.1) is 5.92 Å². The molecule has 2 heterocycles. The van der Waals surface area contributed by atoms with Gasteiger partial charge in [-0.25, -0.2) is 0 Å². The lowest BCUT2D eigenvalue weighted by Crippen LogP contribution is -2.41. The van der Waals surface area contributed by atoms with E-state index in [-0.39, 0.29) is 29.4 Å². The van der Waals surface area contributed by atoms with Crippen LogP contribution in [-0.4, -0.2) is 64.0 Å². The lowest BCUT2D eigenvalue weighted by Gasteiger charge is -2.29. The quantitative estimate of drug-likeness (QED) is 0.327. The summed E-state index contributed by atoms with van der Waals surface area (Å²) in [5, 5.41) is 3.45. The second kappa shape index (κ2) is 12.0. The number of rotatable bonds is 7. The maximum atomic E-state index is 5.76. The third-order valence-electron chi connectivity index (χ3n) is 5.86. The molecule has 0 aliphatic carbocycles. The van der Waals surface area contributed by atoms with Crippen molar-refractivity contribution in [3.8, 4) is 11.5 Å². The Labute approximate surface area is 198 Å². The fourth-order valence-electron chi connectivity index (χ4n) is 3.82. The van der Waals surface area contributed by atoms with E-state index in [4.69, 9.17) is 19.2 Å². The summed E-state index contributed by atoms with van der Waals surface area (Å²) >= 11 is 0. The largest absolute Gasteiger partial charge is 0.486 e. The minimum Gasteiger partial charge on any atom is -0.486 e. The zero-order valence-corrected chi connectivity index (χ0v) is 21.2. The maximum absolute atomic E-state index is 5.76. The van der Waals surface area contributed by atoms with Crippen LogP contribution in [0.3, 0.4) is 0 Å². The molecule has 0 saturated carbocycles. The standard InChI is InChI=1S/C23H37N3O3.HI/c1-5-24-22(26(4)11-8-18-9-12-27-13-10-18)25-17-23(2,3)19-6-7-20-21(16-19)29-15-14-28-20;/h6-7,16,18H,5,8-15,17H2,1-4H3,(H,24,25);1H. The van der Waals surface area contributed by atoms with Crippen LogP contribution >= 0.6 is 24.0 Å². The molecule has 170 valence electrons. The molecule has 1 N–H and O–H groups in total. The van der Waals surface area contributed by atoms with Crippen LogP contribution in [0.5, 0.6) is 11.5 Å². The Morgan fingerprint density at radius 3 is 2.53 bits per heavy atom. The molecule has 0 amide bonds. The Balaban J connectivity index is 0.00000320. The van der Waals surface area contributed by atoms with Crippen LogP contribution in [0.25, 0.3) is 0 Å². The first kappa shape index (κ1) is 25.0. The van der Waals surface area contributed by atoms with Gasteiger partial charge in [-0.3, -0.25) is 4.99 Å². The minimum absolute atomic E-state index is 0. The SMILES string of the molecule is CCNC(=NCC(C)(C)c1ccc2c(c1)OCCO2)N(C)CCC1CCOCC1.I. The van der Waals surface area contributed by atoms with E-state index < -0.39 is 0 Å². The smallest absolute Gasteiger partial charge is 0.193 e. The van der Waals surface area contributed by atoms with E-state index in [0.717, 1.165) is 49.7 Å². The molecule has 0 aromatic heterocycles. The number of hydrogen-bond donors (Lipinski definition) is 1. The van der Waals surface area contributed by atoms with E-state index in [2.05, 4.69) is 50.2 Å². The van der Waals surface area contributed by atoms with Crippen molar-refractivity contribution in [2.45, 2.75) is 45.4 Å². The first-order valence-electron chi connectivity index (χ1n) is 11.0. The Morgan fingerprint density at radius 2 is 1.83 bits per heavy atom. The van der Waals surface area contributed by atoms with Gasteiger partial charge < -0.3 is 24.4 Å². The Hall–Kier alpha value is -1.22. The van der Waals surface area contributed by atoms with E-state index in [1.807, 2.05) is 6.07 Å². The second-order valence-electron chi connectivity index (χ2n) is 8.68. The third-order valence-corrected chi connectivity index (χ3v) is 5.86. The highest BCUT2D eigenvalue weighted by atomic mass is 127. The molecule has 7 heteroatoms. The summed E-state index contributed by atoms with van der Waals surface area (Å²) in [7, 11) is 2.14. The van der Waals surface area contributed by atoms with Crippen molar-refractivity contribution in [3.63, 3.8) is 0 Å². The molecule has 0 spiro atoms. The van der Waals surface area contributed by atoms with E-state index in [1.54, 1.807) is 0 Å². The number of nitrogens with one attached hydrogen (secondary N) is 1. The molecule has 3 rings (SSSR count). The molecule has 2 aliphatic rings. The van der Waals surface area contributed by atoms with Gasteiger partial charge >= 0.3 is 0 Å². The van der Waals surface area contributed by atoms with Crippen molar-refractivity contribution in [1.82, 2.24) is 10.2 Å². The van der Waals surface area contributed by atoms with Gasteiger partial charge in [0.1, 0.15) is 13.2 Å². The molecule has 6 nitrogen and oxygen atoms in total. The van der Waals surface area contributed by atoms with Crippen LogP contribution < -0.4 is 14.8 Å². The van der Waals surface area contributed by atoms with Crippen molar-refractivity contribution < 1.29 is 14.2 Å². The van der Waals surface area contributed by atoms with Crippen molar-refractivity contribution in [1.29, 1.82) is 0 Å². The molecule has 30 heavy (non-hydrogen) atoms. The summed E-state index contributed by atoms with van der Waals surface area (Å²) in [5.41, 5.74) is 1.11. The second-order valence-corrected chi connectivity index (χ2v) is 8.68. The monoisotopic (exact) mass is 531 g/mol. The number of fused-ring (bicyclic) bond motifs is 1. The van der Waals surface area contributed by atoms with Gasteiger partial charge in [-0.2, -0.15) is 0 Å². The molecule has 0 unspecified atom stereocenters. The van der Waals surface area contributed by atoms with Gasteiger partial charge in [0.25, 0.3) is 0 Å². The van der Waals surface area contributed by atoms with Gasteiger partial charge in [0.05, 0.1) is 6.54 Å². The van der Waals surface area contributed by atoms with E-state index >= 15 is 0 Å². The first-order chi connectivity index (χ1) is 14.0. The van der Waals surface area contributed by atoms with Gasteiger partial charge in [0, 0.05) is 38.8 Å². The van der Waals surface area contributed by atoms with Crippen LogP contribution in [0.1, 0.15) is 45.6 Å². The maximum Gasteiger partial charge on any atom is 0.193 e. The van der Waals surface area contributed by atoms with Gasteiger partial charge in [-0.15, -0.1) is 24.0 Å². The molecular formula is C23H38IN3O3. The highest BCUT2D eigenvalue weighted by molar-refractivity contribution is 14.0. The van der Waals surface area contributed by atoms with Crippen LogP contribution in [0.15, 0.2) is 23.2 Å². The lowest BCUT2D eigenvalue weighted by atomic mass is 9.84. The lowest BCUT2D eigenvalue weighted by molar-refractivity contribution is 0.0625. The Bertz CT molecular complexity index is 690. The van der Waals surface area contributed by atoms with Gasteiger partial charge in [-0.05, 0) is 49.8 Å². The summed E-state index contributed by atoms with van der Waals surface area (Å²) in [6.45, 7) is 12.2. The number of guanidine groups is 1. The number of hydrogen-bond acceptors (Lipinski definition) is 4. The predicted molar refractivity (Wildman–Crippen MR) is 133 cm³/mol. The average Bonchev–Trinajstić information content (AvgIpc) is 2.75. The minimum atomic E-state index is -0.0991. The molecule has 1 fully saturated rings. The molecular weight excluding hydrogens is 493 g/mol. The van der Waals surface area contributed by atoms with E-state index in [0.29, 0.717) is 19.8 Å². The van der Waals surface area contributed by atoms with Gasteiger partial charge in [0.15, 0.2) is 17.5 Å².